The van der Waals surface area contributed by atoms with E-state index >= 15 is 0 Å². The Hall–Kier alpha value is 0.427. The summed E-state index contributed by atoms with van der Waals surface area (Å²) in [7, 11) is 1.12. The molecule has 0 aromatic rings. The van der Waals surface area contributed by atoms with Gasteiger partial charge in [-0.05, 0) is 19.1 Å². The van der Waals surface area contributed by atoms with E-state index in [-0.39, 0.29) is 5.12 Å². The second-order valence-corrected chi connectivity index (χ2v) is 3.57. The SMILES string of the molecule is CCNC(Cl)(C[SiH3])NCC. The van der Waals surface area contributed by atoms with Crippen molar-refractivity contribution in [1.29, 1.82) is 0 Å². The van der Waals surface area contributed by atoms with E-state index in [1.54, 1.807) is 0 Å². The highest BCUT2D eigenvalue weighted by Crippen LogP contribution is 2.09. The van der Waals surface area contributed by atoms with Crippen molar-refractivity contribution in [1.82, 2.24) is 10.6 Å². The van der Waals surface area contributed by atoms with Gasteiger partial charge < -0.3 is 0 Å². The molecule has 0 fully saturated rings. The fourth-order valence-electron chi connectivity index (χ4n) is 0.873. The van der Waals surface area contributed by atoms with Crippen LogP contribution < -0.4 is 10.6 Å². The molecule has 4 heteroatoms. The van der Waals surface area contributed by atoms with Crippen LogP contribution in [0.25, 0.3) is 0 Å². The lowest BCUT2D eigenvalue weighted by Crippen LogP contribution is -2.51. The van der Waals surface area contributed by atoms with Crippen molar-refractivity contribution < 1.29 is 0 Å². The van der Waals surface area contributed by atoms with Gasteiger partial charge in [-0.3, -0.25) is 10.6 Å². The Morgan fingerprint density at radius 1 is 1.30 bits per heavy atom. The fourth-order valence-corrected chi connectivity index (χ4v) is 1.64. The predicted octanol–water partition coefficient (Wildman–Crippen LogP) is -0.118. The summed E-state index contributed by atoms with van der Waals surface area (Å²) in [6.07, 6.45) is 0. The molecule has 0 amide bonds. The normalized spacial score (nSPS) is 12.3. The van der Waals surface area contributed by atoms with Crippen LogP contribution in [0.3, 0.4) is 0 Å². The van der Waals surface area contributed by atoms with Gasteiger partial charge >= 0.3 is 0 Å². The van der Waals surface area contributed by atoms with Crippen LogP contribution in [-0.4, -0.2) is 28.5 Å². The zero-order valence-electron chi connectivity index (χ0n) is 7.00. The van der Waals surface area contributed by atoms with Gasteiger partial charge in [-0.15, -0.1) is 0 Å². The maximum absolute atomic E-state index is 6.14. The van der Waals surface area contributed by atoms with Crippen molar-refractivity contribution >= 4 is 21.8 Å². The summed E-state index contributed by atoms with van der Waals surface area (Å²) in [6.45, 7) is 5.95. The summed E-state index contributed by atoms with van der Waals surface area (Å²) >= 11 is 6.14. The second-order valence-electron chi connectivity index (χ2n) is 2.22. The molecule has 0 spiro atoms. The molecule has 0 heterocycles. The van der Waals surface area contributed by atoms with Crippen LogP contribution in [0, 0.1) is 0 Å². The first-order chi connectivity index (χ1) is 4.68. The highest BCUT2D eigenvalue weighted by molar-refractivity contribution is 6.27. The quantitative estimate of drug-likeness (QED) is 0.267. The molecule has 2 N–H and O–H groups in total. The van der Waals surface area contributed by atoms with Crippen molar-refractivity contribution in [2.24, 2.45) is 0 Å². The predicted molar refractivity (Wildman–Crippen MR) is 50.7 cm³/mol. The van der Waals surface area contributed by atoms with Gasteiger partial charge in [0.25, 0.3) is 0 Å². The molecule has 0 unspecified atom stereocenters. The van der Waals surface area contributed by atoms with E-state index in [1.807, 2.05) is 0 Å². The van der Waals surface area contributed by atoms with E-state index in [0.29, 0.717) is 0 Å². The third-order valence-corrected chi connectivity index (χ3v) is 3.44. The Bertz CT molecular complexity index is 83.8. The van der Waals surface area contributed by atoms with Crippen molar-refractivity contribution in [3.8, 4) is 0 Å². The molecular weight excluding hydrogens is 164 g/mol. The molecule has 0 radical (unpaired) electrons. The van der Waals surface area contributed by atoms with E-state index in [4.69, 9.17) is 11.6 Å². The van der Waals surface area contributed by atoms with Crippen LogP contribution in [0.2, 0.25) is 6.04 Å². The standard InChI is InChI=1S/C6H17ClN2Si/c1-3-8-6(7,5-10)9-4-2/h8-9H,3-5H2,1-2,10H3. The summed E-state index contributed by atoms with van der Waals surface area (Å²) in [5, 5.41) is 6.07. The first kappa shape index (κ1) is 10.4. The Labute approximate surface area is 71.1 Å². The van der Waals surface area contributed by atoms with Crippen LogP contribution in [0.4, 0.5) is 0 Å². The lowest BCUT2D eigenvalue weighted by Gasteiger charge is -2.27. The van der Waals surface area contributed by atoms with E-state index in [9.17, 15) is 0 Å². The van der Waals surface area contributed by atoms with Gasteiger partial charge in [-0.1, -0.05) is 25.4 Å². The molecule has 0 saturated carbocycles. The molecule has 0 aromatic carbocycles. The second kappa shape index (κ2) is 5.13. The lowest BCUT2D eigenvalue weighted by atomic mass is 10.5. The van der Waals surface area contributed by atoms with Gasteiger partial charge in [0.05, 0.1) is 0 Å². The third-order valence-electron chi connectivity index (χ3n) is 1.40. The Morgan fingerprint density at radius 3 is 1.90 bits per heavy atom. The molecule has 10 heavy (non-hydrogen) atoms. The van der Waals surface area contributed by atoms with Crippen LogP contribution >= 0.6 is 11.6 Å². The van der Waals surface area contributed by atoms with E-state index in [2.05, 4.69) is 24.5 Å². The molecule has 0 rings (SSSR count). The van der Waals surface area contributed by atoms with Crippen LogP contribution in [-0.2, 0) is 0 Å². The lowest BCUT2D eigenvalue weighted by molar-refractivity contribution is 0.421. The number of alkyl halides is 1. The fraction of sp³-hybridized carbons (Fsp3) is 1.00. The van der Waals surface area contributed by atoms with Gasteiger partial charge in [-0.25, -0.2) is 0 Å². The molecule has 0 atom stereocenters. The smallest absolute Gasteiger partial charge is 0.143 e. The molecule has 62 valence electrons. The number of halogens is 1. The first-order valence-electron chi connectivity index (χ1n) is 3.87. The molecule has 0 aliphatic carbocycles. The zero-order chi connectivity index (χ0) is 8.04. The molecule has 0 bridgehead atoms. The van der Waals surface area contributed by atoms with Crippen LogP contribution in [0.15, 0.2) is 0 Å². The average molecular weight is 181 g/mol. The number of nitrogens with one attached hydrogen (secondary N) is 2. The third kappa shape index (κ3) is 3.56. The summed E-state index contributed by atoms with van der Waals surface area (Å²) in [6, 6.07) is 1.02. The Morgan fingerprint density at radius 2 is 1.70 bits per heavy atom. The Kier molecular flexibility index (Phi) is 5.35. The van der Waals surface area contributed by atoms with Gasteiger partial charge in [0.2, 0.25) is 0 Å². The Balaban J connectivity index is 3.69. The monoisotopic (exact) mass is 180 g/mol. The van der Waals surface area contributed by atoms with E-state index < -0.39 is 0 Å². The molecular formula is C6H17ClN2Si. The van der Waals surface area contributed by atoms with Gasteiger partial charge in [0.1, 0.15) is 5.12 Å². The minimum atomic E-state index is -0.324. The average Bonchev–Trinajstić information content (AvgIpc) is 1.89. The topological polar surface area (TPSA) is 24.1 Å². The number of hydrogen-bond donors (Lipinski definition) is 2. The molecule has 0 aliphatic rings. The van der Waals surface area contributed by atoms with Crippen molar-refractivity contribution in [3.05, 3.63) is 0 Å². The van der Waals surface area contributed by atoms with Crippen molar-refractivity contribution in [3.63, 3.8) is 0 Å². The maximum Gasteiger partial charge on any atom is 0.143 e. The first-order valence-corrected chi connectivity index (χ1v) is 5.66. The van der Waals surface area contributed by atoms with Gasteiger partial charge in [-0.2, -0.15) is 0 Å². The minimum absolute atomic E-state index is 0.324. The summed E-state index contributed by atoms with van der Waals surface area (Å²) in [5.74, 6) is 0. The van der Waals surface area contributed by atoms with Crippen LogP contribution in [0.1, 0.15) is 13.8 Å². The van der Waals surface area contributed by atoms with Gasteiger partial charge in [0, 0.05) is 10.2 Å². The molecule has 0 saturated heterocycles. The molecule has 2 nitrogen and oxygen atoms in total. The largest absolute Gasteiger partial charge is 0.287 e. The summed E-state index contributed by atoms with van der Waals surface area (Å²) in [4.78, 5) is 0. The van der Waals surface area contributed by atoms with Crippen molar-refractivity contribution in [2.75, 3.05) is 13.1 Å². The summed E-state index contributed by atoms with van der Waals surface area (Å²) in [5.41, 5.74) is 0. The van der Waals surface area contributed by atoms with Crippen LogP contribution in [0.5, 0.6) is 0 Å². The molecule has 0 aromatic heterocycles. The number of hydrogen-bond acceptors (Lipinski definition) is 2. The zero-order valence-corrected chi connectivity index (χ0v) is 9.76. The van der Waals surface area contributed by atoms with Crippen molar-refractivity contribution in [2.45, 2.75) is 25.0 Å². The maximum atomic E-state index is 6.14. The summed E-state index contributed by atoms with van der Waals surface area (Å²) < 4.78 is 0. The number of rotatable bonds is 5. The van der Waals surface area contributed by atoms with E-state index in [0.717, 1.165) is 29.4 Å². The van der Waals surface area contributed by atoms with Gasteiger partial charge in [0.15, 0.2) is 0 Å². The highest BCUT2D eigenvalue weighted by Gasteiger charge is 2.20. The minimum Gasteiger partial charge on any atom is -0.287 e. The highest BCUT2D eigenvalue weighted by atomic mass is 35.5. The molecule has 0 aliphatic heterocycles. The van der Waals surface area contributed by atoms with E-state index in [1.165, 1.54) is 0 Å².